The Labute approximate surface area is 175 Å². The van der Waals surface area contributed by atoms with E-state index in [1.54, 1.807) is 43.3 Å². The number of carbonyl (C=O) groups excluding carboxylic acids is 1. The Morgan fingerprint density at radius 3 is 2.55 bits per heavy atom. The maximum Gasteiger partial charge on any atom is 0.255 e. The summed E-state index contributed by atoms with van der Waals surface area (Å²) >= 11 is 1.57. The number of methoxy groups -OCH3 is 1. The number of aryl methyl sites for hydroxylation is 1. The van der Waals surface area contributed by atoms with Gasteiger partial charge in [-0.25, -0.2) is 4.98 Å². The summed E-state index contributed by atoms with van der Waals surface area (Å²) < 4.78 is 13.1. The van der Waals surface area contributed by atoms with E-state index in [9.17, 15) is 4.79 Å². The van der Waals surface area contributed by atoms with Gasteiger partial charge in [0.25, 0.3) is 5.91 Å². The van der Waals surface area contributed by atoms with Crippen LogP contribution in [0.25, 0.3) is 0 Å². The summed E-state index contributed by atoms with van der Waals surface area (Å²) in [6.07, 6.45) is 3.68. The molecule has 3 rings (SSSR count). The number of imidazole rings is 1. The van der Waals surface area contributed by atoms with E-state index in [4.69, 9.17) is 9.47 Å². The van der Waals surface area contributed by atoms with E-state index in [1.165, 1.54) is 0 Å². The zero-order valence-corrected chi connectivity index (χ0v) is 17.8. The predicted octanol–water partition coefficient (Wildman–Crippen LogP) is 4.87. The molecule has 0 aliphatic carbocycles. The number of hydrogen-bond donors (Lipinski definition) is 1. The number of anilines is 1. The normalized spacial score (nSPS) is 10.8. The molecule has 2 aromatic carbocycles. The molecule has 0 bridgehead atoms. The Balaban J connectivity index is 1.65. The van der Waals surface area contributed by atoms with Crippen molar-refractivity contribution in [2.24, 2.45) is 13.0 Å². The van der Waals surface area contributed by atoms with Gasteiger partial charge < -0.3 is 19.4 Å². The molecule has 0 radical (unpaired) electrons. The molecule has 29 heavy (non-hydrogen) atoms. The van der Waals surface area contributed by atoms with E-state index in [0.717, 1.165) is 15.7 Å². The van der Waals surface area contributed by atoms with E-state index in [-0.39, 0.29) is 5.91 Å². The maximum atomic E-state index is 12.6. The fourth-order valence-electron chi connectivity index (χ4n) is 2.55. The van der Waals surface area contributed by atoms with Gasteiger partial charge in [-0.15, -0.1) is 0 Å². The molecule has 0 unspecified atom stereocenters. The summed E-state index contributed by atoms with van der Waals surface area (Å²) in [6, 6.07) is 12.9. The van der Waals surface area contributed by atoms with Gasteiger partial charge in [-0.1, -0.05) is 25.6 Å². The van der Waals surface area contributed by atoms with Gasteiger partial charge in [0.1, 0.15) is 0 Å². The first kappa shape index (κ1) is 20.8. The molecule has 0 aliphatic rings. The number of nitrogens with zero attached hydrogens (tertiary/aromatic N) is 2. The Kier molecular flexibility index (Phi) is 6.82. The molecule has 0 atom stereocenters. The zero-order valence-electron chi connectivity index (χ0n) is 17.0. The summed E-state index contributed by atoms with van der Waals surface area (Å²) in [5, 5.41) is 3.82. The van der Waals surface area contributed by atoms with Crippen LogP contribution in [-0.2, 0) is 7.05 Å². The molecule has 0 saturated carbocycles. The average Bonchev–Trinajstić information content (AvgIpc) is 3.12. The van der Waals surface area contributed by atoms with Gasteiger partial charge in [-0.05, 0) is 48.4 Å². The lowest BCUT2D eigenvalue weighted by Crippen LogP contribution is -2.12. The van der Waals surface area contributed by atoms with Crippen LogP contribution in [-0.4, -0.2) is 29.2 Å². The fraction of sp³-hybridized carbons (Fsp3) is 0.273. The average molecular weight is 412 g/mol. The van der Waals surface area contributed by atoms with E-state index >= 15 is 0 Å². The number of nitrogens with one attached hydrogen (secondary N) is 1. The highest BCUT2D eigenvalue weighted by molar-refractivity contribution is 7.99. The van der Waals surface area contributed by atoms with Gasteiger partial charge in [0.05, 0.1) is 13.7 Å². The van der Waals surface area contributed by atoms with Crippen molar-refractivity contribution in [2.75, 3.05) is 19.0 Å². The molecule has 1 N–H and O–H groups in total. The van der Waals surface area contributed by atoms with Crippen LogP contribution in [0.1, 0.15) is 24.2 Å². The Morgan fingerprint density at radius 2 is 1.93 bits per heavy atom. The number of benzene rings is 2. The second-order valence-corrected chi connectivity index (χ2v) is 8.01. The van der Waals surface area contributed by atoms with Gasteiger partial charge in [0, 0.05) is 35.6 Å². The van der Waals surface area contributed by atoms with Crippen molar-refractivity contribution in [3.63, 3.8) is 0 Å². The molecule has 0 aliphatic heterocycles. The monoisotopic (exact) mass is 411 g/mol. The molecule has 1 amide bonds. The predicted molar refractivity (Wildman–Crippen MR) is 115 cm³/mol. The number of rotatable bonds is 8. The van der Waals surface area contributed by atoms with Crippen molar-refractivity contribution in [3.8, 4) is 11.5 Å². The van der Waals surface area contributed by atoms with E-state index < -0.39 is 0 Å². The van der Waals surface area contributed by atoms with Crippen molar-refractivity contribution in [1.29, 1.82) is 0 Å². The van der Waals surface area contributed by atoms with Gasteiger partial charge in [0.2, 0.25) is 0 Å². The van der Waals surface area contributed by atoms with Crippen LogP contribution >= 0.6 is 11.8 Å². The third-order valence-electron chi connectivity index (χ3n) is 4.10. The largest absolute Gasteiger partial charge is 0.493 e. The molecule has 6 nitrogen and oxygen atoms in total. The minimum atomic E-state index is -0.205. The first-order valence-electron chi connectivity index (χ1n) is 9.33. The van der Waals surface area contributed by atoms with Crippen LogP contribution in [0.4, 0.5) is 5.69 Å². The molecule has 7 heteroatoms. The highest BCUT2D eigenvalue weighted by atomic mass is 32.2. The summed E-state index contributed by atoms with van der Waals surface area (Å²) in [7, 11) is 3.52. The van der Waals surface area contributed by atoms with Crippen molar-refractivity contribution in [1.82, 2.24) is 9.55 Å². The van der Waals surface area contributed by atoms with E-state index in [2.05, 4.69) is 24.1 Å². The van der Waals surface area contributed by atoms with Crippen molar-refractivity contribution >= 4 is 23.4 Å². The van der Waals surface area contributed by atoms with Gasteiger partial charge in [-0.3, -0.25) is 4.79 Å². The van der Waals surface area contributed by atoms with Gasteiger partial charge in [-0.2, -0.15) is 0 Å². The maximum absolute atomic E-state index is 12.6. The minimum absolute atomic E-state index is 0.205. The Hall–Kier alpha value is -2.93. The van der Waals surface area contributed by atoms with Crippen LogP contribution < -0.4 is 14.8 Å². The Bertz CT molecular complexity index is 968. The molecule has 3 aromatic rings. The minimum Gasteiger partial charge on any atom is -0.493 e. The molecule has 0 spiro atoms. The summed E-state index contributed by atoms with van der Waals surface area (Å²) in [5.41, 5.74) is 1.23. The third kappa shape index (κ3) is 5.54. The van der Waals surface area contributed by atoms with Crippen molar-refractivity contribution in [3.05, 3.63) is 60.4 Å². The number of amides is 1. The number of ether oxygens (including phenoxy) is 2. The van der Waals surface area contributed by atoms with Crippen LogP contribution in [0, 0.1) is 5.92 Å². The van der Waals surface area contributed by atoms with Crippen molar-refractivity contribution in [2.45, 2.75) is 23.9 Å². The highest BCUT2D eigenvalue weighted by Gasteiger charge is 2.12. The molecular weight excluding hydrogens is 386 g/mol. The zero-order chi connectivity index (χ0) is 20.8. The lowest BCUT2D eigenvalue weighted by atomic mass is 10.1. The summed E-state index contributed by atoms with van der Waals surface area (Å²) in [6.45, 7) is 4.74. The summed E-state index contributed by atoms with van der Waals surface area (Å²) in [4.78, 5) is 18.0. The van der Waals surface area contributed by atoms with Crippen LogP contribution in [0.3, 0.4) is 0 Å². The molecule has 1 heterocycles. The quantitative estimate of drug-likeness (QED) is 0.573. The standard InChI is InChI=1S/C22H25N3O3S/c1-15(2)14-28-19-10-5-16(13-20(19)27-4)21(26)24-17-6-8-18(9-7-17)29-22-23-11-12-25(22)3/h5-13,15H,14H2,1-4H3,(H,24,26). The van der Waals surface area contributed by atoms with E-state index in [0.29, 0.717) is 29.6 Å². The first-order valence-corrected chi connectivity index (χ1v) is 10.2. The number of carbonyl (C=O) groups is 1. The molecular formula is C22H25N3O3S. The van der Waals surface area contributed by atoms with Gasteiger partial charge in [0.15, 0.2) is 16.7 Å². The van der Waals surface area contributed by atoms with Gasteiger partial charge >= 0.3 is 0 Å². The molecule has 152 valence electrons. The van der Waals surface area contributed by atoms with Crippen LogP contribution in [0.15, 0.2) is 64.9 Å². The first-order chi connectivity index (χ1) is 14.0. The second kappa shape index (κ2) is 9.52. The molecule has 0 fully saturated rings. The Morgan fingerprint density at radius 1 is 1.17 bits per heavy atom. The van der Waals surface area contributed by atoms with Crippen molar-refractivity contribution < 1.29 is 14.3 Å². The van der Waals surface area contributed by atoms with E-state index in [1.807, 2.05) is 42.1 Å². The second-order valence-electron chi connectivity index (χ2n) is 6.97. The smallest absolute Gasteiger partial charge is 0.255 e. The lowest BCUT2D eigenvalue weighted by molar-refractivity contribution is 0.102. The fourth-order valence-corrected chi connectivity index (χ4v) is 3.35. The van der Waals surface area contributed by atoms with Crippen LogP contribution in [0.5, 0.6) is 11.5 Å². The molecule has 1 aromatic heterocycles. The number of hydrogen-bond acceptors (Lipinski definition) is 5. The third-order valence-corrected chi connectivity index (χ3v) is 5.18. The SMILES string of the molecule is COc1cc(C(=O)Nc2ccc(Sc3nccn3C)cc2)ccc1OCC(C)C. The van der Waals surface area contributed by atoms with Crippen LogP contribution in [0.2, 0.25) is 0 Å². The number of aromatic nitrogens is 2. The lowest BCUT2D eigenvalue weighted by Gasteiger charge is -2.13. The summed E-state index contributed by atoms with van der Waals surface area (Å²) in [5.74, 6) is 1.37. The highest BCUT2D eigenvalue weighted by Crippen LogP contribution is 2.29. The topological polar surface area (TPSA) is 65.4 Å². The molecule has 0 saturated heterocycles.